The molecule has 1 heterocycles. The van der Waals surface area contributed by atoms with E-state index in [1.165, 1.54) is 25.1 Å². The van der Waals surface area contributed by atoms with Crippen LogP contribution in [0.25, 0.3) is 10.9 Å². The molecule has 1 atom stereocenters. The quantitative estimate of drug-likeness (QED) is 0.320. The van der Waals surface area contributed by atoms with Crippen molar-refractivity contribution in [1.29, 1.82) is 0 Å². The zero-order valence-electron chi connectivity index (χ0n) is 15.5. The van der Waals surface area contributed by atoms with E-state index in [0.717, 1.165) is 15.8 Å². The number of thioether (sulfide) groups is 2. The van der Waals surface area contributed by atoms with Gasteiger partial charge >= 0.3 is 0 Å². The standard InChI is InChI=1S/C18H23N3O3S2/c1-18(2,11-20-23-3)21-16(22)17(26-5)24-13-6-7-15-12(8-13)9-14(25-4)10-19-15/h6-11,17H,1-5H3,(H,21,22)/b20-11+. The van der Waals surface area contributed by atoms with Crippen LogP contribution in [0.5, 0.6) is 5.75 Å². The minimum atomic E-state index is -0.681. The third kappa shape index (κ3) is 5.54. The summed E-state index contributed by atoms with van der Waals surface area (Å²) < 4.78 is 5.90. The molecule has 0 bridgehead atoms. The van der Waals surface area contributed by atoms with Crippen LogP contribution in [0.15, 0.2) is 40.5 Å². The maximum Gasteiger partial charge on any atom is 0.272 e. The van der Waals surface area contributed by atoms with Crippen LogP contribution in [-0.4, -0.2) is 47.7 Å². The molecule has 2 aromatic rings. The van der Waals surface area contributed by atoms with Gasteiger partial charge in [0.15, 0.2) is 0 Å². The summed E-state index contributed by atoms with van der Waals surface area (Å²) in [7, 11) is 1.46. The number of pyridine rings is 1. The van der Waals surface area contributed by atoms with Crippen molar-refractivity contribution in [2.45, 2.75) is 29.7 Å². The molecule has 0 spiro atoms. The minimum absolute atomic E-state index is 0.235. The summed E-state index contributed by atoms with van der Waals surface area (Å²) in [6, 6.07) is 7.66. The highest BCUT2D eigenvalue weighted by Crippen LogP contribution is 2.25. The Bertz CT molecular complexity index is 796. The van der Waals surface area contributed by atoms with E-state index in [1.807, 2.05) is 50.8 Å². The molecule has 1 aromatic heterocycles. The second-order valence-electron chi connectivity index (χ2n) is 6.04. The van der Waals surface area contributed by atoms with Crippen LogP contribution in [0.4, 0.5) is 0 Å². The first-order chi connectivity index (χ1) is 12.4. The molecule has 0 fully saturated rings. The van der Waals surface area contributed by atoms with Crippen molar-refractivity contribution in [2.24, 2.45) is 5.16 Å². The second-order valence-corrected chi connectivity index (χ2v) is 7.82. The zero-order valence-corrected chi connectivity index (χ0v) is 17.1. The third-order valence-corrected chi connectivity index (χ3v) is 4.89. The van der Waals surface area contributed by atoms with E-state index < -0.39 is 11.0 Å². The fraction of sp³-hybridized carbons (Fsp3) is 0.389. The molecule has 140 valence electrons. The van der Waals surface area contributed by atoms with Gasteiger partial charge in [-0.15, -0.1) is 23.5 Å². The SMILES string of the molecule is CO/N=C/C(C)(C)NC(=O)C(Oc1ccc2ncc(SC)cc2c1)SC. The topological polar surface area (TPSA) is 72.8 Å². The van der Waals surface area contributed by atoms with E-state index in [9.17, 15) is 4.79 Å². The van der Waals surface area contributed by atoms with Crippen LogP contribution in [0.1, 0.15) is 13.8 Å². The number of hydrogen-bond donors (Lipinski definition) is 1. The first-order valence-electron chi connectivity index (χ1n) is 7.91. The Hall–Kier alpha value is -1.93. The number of benzene rings is 1. The molecule has 6 nitrogen and oxygen atoms in total. The number of aromatic nitrogens is 1. The number of carbonyl (C=O) groups is 1. The van der Waals surface area contributed by atoms with Crippen molar-refractivity contribution >= 4 is 46.5 Å². The van der Waals surface area contributed by atoms with E-state index in [4.69, 9.17) is 4.74 Å². The maximum absolute atomic E-state index is 12.5. The largest absolute Gasteiger partial charge is 0.470 e. The van der Waals surface area contributed by atoms with Gasteiger partial charge in [0.1, 0.15) is 12.9 Å². The highest BCUT2D eigenvalue weighted by Gasteiger charge is 2.26. The normalized spacial score (nSPS) is 13.0. The molecular weight excluding hydrogens is 370 g/mol. The Kier molecular flexibility index (Phi) is 7.16. The smallest absolute Gasteiger partial charge is 0.272 e. The van der Waals surface area contributed by atoms with Gasteiger partial charge in [-0.05, 0) is 50.6 Å². The van der Waals surface area contributed by atoms with Gasteiger partial charge in [0.25, 0.3) is 5.91 Å². The van der Waals surface area contributed by atoms with Gasteiger partial charge in [0.2, 0.25) is 5.44 Å². The number of fused-ring (bicyclic) bond motifs is 1. The third-order valence-electron chi connectivity index (χ3n) is 3.46. The molecular formula is C18H23N3O3S2. The number of hydrogen-bond acceptors (Lipinski definition) is 7. The summed E-state index contributed by atoms with van der Waals surface area (Å²) in [6.45, 7) is 3.66. The summed E-state index contributed by atoms with van der Waals surface area (Å²) in [5.41, 5.74) is -0.443. The van der Waals surface area contributed by atoms with Crippen molar-refractivity contribution < 1.29 is 14.4 Å². The van der Waals surface area contributed by atoms with Gasteiger partial charge in [-0.1, -0.05) is 5.16 Å². The van der Waals surface area contributed by atoms with Crippen LogP contribution in [0, 0.1) is 0 Å². The Labute approximate surface area is 162 Å². The van der Waals surface area contributed by atoms with Crippen molar-refractivity contribution in [3.63, 3.8) is 0 Å². The van der Waals surface area contributed by atoms with Crippen LogP contribution in [-0.2, 0) is 9.63 Å². The van der Waals surface area contributed by atoms with Gasteiger partial charge in [0, 0.05) is 16.5 Å². The van der Waals surface area contributed by atoms with Crippen molar-refractivity contribution in [3.05, 3.63) is 30.5 Å². The lowest BCUT2D eigenvalue weighted by Crippen LogP contribution is -2.49. The van der Waals surface area contributed by atoms with E-state index in [1.54, 1.807) is 11.8 Å². The van der Waals surface area contributed by atoms with Crippen LogP contribution < -0.4 is 10.1 Å². The van der Waals surface area contributed by atoms with Gasteiger partial charge in [-0.25, -0.2) is 0 Å². The molecule has 0 radical (unpaired) electrons. The molecule has 0 aliphatic heterocycles. The van der Waals surface area contributed by atoms with Gasteiger partial charge in [-0.2, -0.15) is 0 Å². The van der Waals surface area contributed by atoms with Gasteiger partial charge in [0.05, 0.1) is 17.3 Å². The number of oxime groups is 1. The van der Waals surface area contributed by atoms with E-state index in [0.29, 0.717) is 5.75 Å². The molecule has 0 aliphatic carbocycles. The van der Waals surface area contributed by atoms with Crippen molar-refractivity contribution in [1.82, 2.24) is 10.3 Å². The number of rotatable bonds is 8. The summed E-state index contributed by atoms with van der Waals surface area (Å²) in [6.07, 6.45) is 7.21. The Morgan fingerprint density at radius 3 is 2.77 bits per heavy atom. The first-order valence-corrected chi connectivity index (χ1v) is 10.4. The number of nitrogens with zero attached hydrogens (tertiary/aromatic N) is 2. The van der Waals surface area contributed by atoms with Crippen molar-refractivity contribution in [2.75, 3.05) is 19.6 Å². The van der Waals surface area contributed by atoms with E-state index in [2.05, 4.69) is 26.4 Å². The molecule has 2 rings (SSSR count). The highest BCUT2D eigenvalue weighted by molar-refractivity contribution is 7.99. The summed E-state index contributed by atoms with van der Waals surface area (Å²) in [4.78, 5) is 22.7. The fourth-order valence-electron chi connectivity index (χ4n) is 2.20. The number of amides is 1. The molecule has 26 heavy (non-hydrogen) atoms. The van der Waals surface area contributed by atoms with Crippen LogP contribution in [0.2, 0.25) is 0 Å². The zero-order chi connectivity index (χ0) is 19.2. The molecule has 1 amide bonds. The number of ether oxygens (including phenoxy) is 1. The monoisotopic (exact) mass is 393 g/mol. The van der Waals surface area contributed by atoms with Crippen LogP contribution >= 0.6 is 23.5 Å². The number of carbonyl (C=O) groups excluding carboxylic acids is 1. The second kappa shape index (κ2) is 9.14. The number of nitrogens with one attached hydrogen (secondary N) is 1. The lowest BCUT2D eigenvalue weighted by atomic mass is 10.1. The van der Waals surface area contributed by atoms with Crippen LogP contribution in [0.3, 0.4) is 0 Å². The Morgan fingerprint density at radius 1 is 1.35 bits per heavy atom. The Morgan fingerprint density at radius 2 is 2.12 bits per heavy atom. The van der Waals surface area contributed by atoms with E-state index in [-0.39, 0.29) is 5.91 Å². The highest BCUT2D eigenvalue weighted by atomic mass is 32.2. The molecule has 1 aromatic carbocycles. The Balaban J connectivity index is 2.14. The molecule has 1 N–H and O–H groups in total. The molecule has 0 saturated carbocycles. The predicted molar refractivity (Wildman–Crippen MR) is 109 cm³/mol. The summed E-state index contributed by atoms with van der Waals surface area (Å²) in [5, 5.41) is 7.58. The average molecular weight is 394 g/mol. The lowest BCUT2D eigenvalue weighted by molar-refractivity contribution is -0.125. The first kappa shape index (κ1) is 20.4. The average Bonchev–Trinajstić information content (AvgIpc) is 2.63. The summed E-state index contributed by atoms with van der Waals surface area (Å²) in [5.74, 6) is 0.386. The maximum atomic E-state index is 12.5. The molecule has 1 unspecified atom stereocenters. The fourth-order valence-corrected chi connectivity index (χ4v) is 3.08. The van der Waals surface area contributed by atoms with Gasteiger partial charge in [-0.3, -0.25) is 9.78 Å². The summed E-state index contributed by atoms with van der Waals surface area (Å²) >= 11 is 2.95. The molecule has 8 heteroatoms. The molecule has 0 aliphatic rings. The predicted octanol–water partition coefficient (Wildman–Crippen LogP) is 3.55. The minimum Gasteiger partial charge on any atom is -0.470 e. The molecule has 0 saturated heterocycles. The van der Waals surface area contributed by atoms with Crippen molar-refractivity contribution in [3.8, 4) is 5.75 Å². The van der Waals surface area contributed by atoms with E-state index >= 15 is 0 Å². The van der Waals surface area contributed by atoms with Gasteiger partial charge < -0.3 is 14.9 Å². The lowest BCUT2D eigenvalue weighted by Gasteiger charge is -2.24.